The van der Waals surface area contributed by atoms with Crippen LogP contribution in [0.5, 0.6) is 0 Å². The van der Waals surface area contributed by atoms with Crippen molar-refractivity contribution in [1.29, 1.82) is 0 Å². The Morgan fingerprint density at radius 2 is 2.08 bits per heavy atom. The normalized spacial score (nSPS) is 18.3. The second-order valence-electron chi connectivity index (χ2n) is 6.28. The molecule has 2 aromatic rings. The van der Waals surface area contributed by atoms with Gasteiger partial charge >= 0.3 is 0 Å². The van der Waals surface area contributed by atoms with E-state index in [-0.39, 0.29) is 36.3 Å². The number of aromatic nitrogens is 1. The minimum absolute atomic E-state index is 0.0416. The molecule has 1 saturated heterocycles. The molecule has 9 heteroatoms. The fourth-order valence-electron chi connectivity index (χ4n) is 2.93. The quantitative estimate of drug-likeness (QED) is 0.840. The van der Waals surface area contributed by atoms with Crippen LogP contribution in [-0.2, 0) is 19.6 Å². The van der Waals surface area contributed by atoms with Gasteiger partial charge < -0.3 is 14.2 Å². The molecule has 26 heavy (non-hydrogen) atoms. The van der Waals surface area contributed by atoms with Crippen molar-refractivity contribution in [2.45, 2.75) is 31.8 Å². The van der Waals surface area contributed by atoms with Crippen LogP contribution in [0.1, 0.15) is 17.0 Å². The van der Waals surface area contributed by atoms with E-state index in [4.69, 9.17) is 9.26 Å². The average molecular weight is 379 g/mol. The maximum absolute atomic E-state index is 12.5. The number of carbonyl (C=O) groups is 1. The Hall–Kier alpha value is -2.23. The van der Waals surface area contributed by atoms with Crippen molar-refractivity contribution in [3.63, 3.8) is 0 Å². The lowest BCUT2D eigenvalue weighted by atomic mass is 10.2. The van der Waals surface area contributed by atoms with Gasteiger partial charge in [-0.2, -0.15) is 0 Å². The van der Waals surface area contributed by atoms with Crippen molar-refractivity contribution in [3.05, 3.63) is 41.3 Å². The summed E-state index contributed by atoms with van der Waals surface area (Å²) in [6.07, 6.45) is -0.455. The van der Waals surface area contributed by atoms with Crippen molar-refractivity contribution in [2.24, 2.45) is 0 Å². The number of aryl methyl sites for hydroxylation is 3. The number of benzene rings is 1. The first-order chi connectivity index (χ1) is 12.3. The lowest BCUT2D eigenvalue weighted by Gasteiger charge is -2.33. The summed E-state index contributed by atoms with van der Waals surface area (Å²) >= 11 is 0. The molecule has 0 spiro atoms. The SMILES string of the molecule is Cc1cccc(N2CC(CNS(=O)(=O)c3c(C)noc3C)OCC2=O)c1. The summed E-state index contributed by atoms with van der Waals surface area (Å²) < 4.78 is 37.9. The third-order valence-electron chi connectivity index (χ3n) is 4.18. The number of amides is 1. The highest BCUT2D eigenvalue weighted by molar-refractivity contribution is 7.89. The first-order valence-corrected chi connectivity index (χ1v) is 9.67. The number of nitrogens with zero attached hydrogens (tertiary/aromatic N) is 2. The molecule has 1 aliphatic heterocycles. The Morgan fingerprint density at radius 1 is 1.31 bits per heavy atom. The van der Waals surface area contributed by atoms with E-state index in [1.807, 2.05) is 31.2 Å². The Bertz CT molecular complexity index is 903. The number of rotatable bonds is 5. The zero-order valence-corrected chi connectivity index (χ0v) is 15.7. The van der Waals surface area contributed by atoms with Gasteiger partial charge in [-0.25, -0.2) is 13.1 Å². The van der Waals surface area contributed by atoms with Gasteiger partial charge in [0, 0.05) is 12.2 Å². The number of nitrogens with one attached hydrogen (secondary N) is 1. The first-order valence-electron chi connectivity index (χ1n) is 8.19. The fourth-order valence-corrected chi connectivity index (χ4v) is 4.32. The van der Waals surface area contributed by atoms with E-state index in [9.17, 15) is 13.2 Å². The van der Waals surface area contributed by atoms with Crippen LogP contribution in [0.4, 0.5) is 5.69 Å². The zero-order chi connectivity index (χ0) is 18.9. The molecule has 1 aromatic carbocycles. The van der Waals surface area contributed by atoms with E-state index < -0.39 is 16.1 Å². The van der Waals surface area contributed by atoms with Crippen LogP contribution in [0.15, 0.2) is 33.7 Å². The van der Waals surface area contributed by atoms with E-state index >= 15 is 0 Å². The summed E-state index contributed by atoms with van der Waals surface area (Å²) in [7, 11) is -3.77. The van der Waals surface area contributed by atoms with Crippen molar-refractivity contribution in [2.75, 3.05) is 24.6 Å². The second kappa shape index (κ2) is 7.18. The lowest BCUT2D eigenvalue weighted by Crippen LogP contribution is -2.50. The predicted molar refractivity (Wildman–Crippen MR) is 94.4 cm³/mol. The maximum Gasteiger partial charge on any atom is 0.253 e. The molecule has 0 saturated carbocycles. The highest BCUT2D eigenvalue weighted by Gasteiger charge is 2.30. The molecule has 0 bridgehead atoms. The summed E-state index contributed by atoms with van der Waals surface area (Å²) in [5, 5.41) is 3.67. The highest BCUT2D eigenvalue weighted by Crippen LogP contribution is 2.21. The monoisotopic (exact) mass is 379 g/mol. The lowest BCUT2D eigenvalue weighted by molar-refractivity contribution is -0.129. The van der Waals surface area contributed by atoms with E-state index in [1.54, 1.807) is 18.7 Å². The molecular formula is C17H21N3O5S. The molecule has 1 aliphatic rings. The summed E-state index contributed by atoms with van der Waals surface area (Å²) in [4.78, 5) is 13.8. The second-order valence-corrected chi connectivity index (χ2v) is 7.99. The molecule has 8 nitrogen and oxygen atoms in total. The van der Waals surface area contributed by atoms with E-state index in [1.165, 1.54) is 0 Å². The molecular weight excluding hydrogens is 358 g/mol. The average Bonchev–Trinajstić information content (AvgIpc) is 2.93. The van der Waals surface area contributed by atoms with Crippen molar-refractivity contribution in [1.82, 2.24) is 9.88 Å². The largest absolute Gasteiger partial charge is 0.365 e. The van der Waals surface area contributed by atoms with Crippen LogP contribution in [0.25, 0.3) is 0 Å². The van der Waals surface area contributed by atoms with Gasteiger partial charge in [-0.15, -0.1) is 0 Å². The Balaban J connectivity index is 1.70. The standard InChI is InChI=1S/C17H21N3O5S/c1-11-5-4-6-14(7-11)20-9-15(24-10-16(20)21)8-18-26(22,23)17-12(2)19-25-13(17)3/h4-7,15,18H,8-10H2,1-3H3. The van der Waals surface area contributed by atoms with E-state index in [2.05, 4.69) is 9.88 Å². The molecule has 1 amide bonds. The summed E-state index contributed by atoms with van der Waals surface area (Å²) in [6.45, 7) is 5.29. The molecule has 3 rings (SSSR count). The van der Waals surface area contributed by atoms with Crippen LogP contribution >= 0.6 is 0 Å². The van der Waals surface area contributed by atoms with Gasteiger partial charge in [0.15, 0.2) is 5.76 Å². The smallest absolute Gasteiger partial charge is 0.253 e. The molecule has 1 aromatic heterocycles. The summed E-state index contributed by atoms with van der Waals surface area (Å²) in [5.74, 6) is 0.0801. The number of hydrogen-bond acceptors (Lipinski definition) is 6. The fraction of sp³-hybridized carbons (Fsp3) is 0.412. The van der Waals surface area contributed by atoms with Gasteiger partial charge in [0.05, 0.1) is 12.6 Å². The molecule has 0 aliphatic carbocycles. The van der Waals surface area contributed by atoms with E-state index in [0.717, 1.165) is 11.3 Å². The number of anilines is 1. The first kappa shape index (κ1) is 18.6. The Kier molecular flexibility index (Phi) is 5.12. The Morgan fingerprint density at radius 3 is 2.73 bits per heavy atom. The van der Waals surface area contributed by atoms with Crippen LogP contribution in [-0.4, -0.2) is 45.3 Å². The van der Waals surface area contributed by atoms with Crippen molar-refractivity contribution < 1.29 is 22.5 Å². The molecule has 2 heterocycles. The van der Waals surface area contributed by atoms with Crippen molar-refractivity contribution >= 4 is 21.6 Å². The highest BCUT2D eigenvalue weighted by atomic mass is 32.2. The van der Waals surface area contributed by atoms with Crippen LogP contribution < -0.4 is 9.62 Å². The number of sulfonamides is 1. The summed E-state index contributed by atoms with van der Waals surface area (Å²) in [6, 6.07) is 7.59. The number of hydrogen-bond donors (Lipinski definition) is 1. The van der Waals surface area contributed by atoms with Crippen LogP contribution in [0.3, 0.4) is 0 Å². The van der Waals surface area contributed by atoms with Gasteiger partial charge in [0.2, 0.25) is 10.0 Å². The molecule has 1 fully saturated rings. The minimum Gasteiger partial charge on any atom is -0.365 e. The van der Waals surface area contributed by atoms with Crippen molar-refractivity contribution in [3.8, 4) is 0 Å². The molecule has 1 unspecified atom stereocenters. The number of morpholine rings is 1. The van der Waals surface area contributed by atoms with Gasteiger partial charge in [-0.05, 0) is 38.5 Å². The predicted octanol–water partition coefficient (Wildman–Crippen LogP) is 1.31. The maximum atomic E-state index is 12.5. The minimum atomic E-state index is -3.77. The third kappa shape index (κ3) is 3.79. The van der Waals surface area contributed by atoms with E-state index in [0.29, 0.717) is 5.69 Å². The van der Waals surface area contributed by atoms with Gasteiger partial charge in [0.1, 0.15) is 17.2 Å². The Labute approximate surface area is 152 Å². The third-order valence-corrected chi connectivity index (χ3v) is 5.85. The van der Waals surface area contributed by atoms with Crippen LogP contribution in [0.2, 0.25) is 0 Å². The van der Waals surface area contributed by atoms with Crippen LogP contribution in [0, 0.1) is 20.8 Å². The number of ether oxygens (including phenoxy) is 1. The molecule has 0 radical (unpaired) electrons. The number of carbonyl (C=O) groups excluding carboxylic acids is 1. The van der Waals surface area contributed by atoms with Gasteiger partial charge in [-0.1, -0.05) is 17.3 Å². The molecule has 1 atom stereocenters. The topological polar surface area (TPSA) is 102 Å². The van der Waals surface area contributed by atoms with Gasteiger partial charge in [-0.3, -0.25) is 4.79 Å². The summed E-state index contributed by atoms with van der Waals surface area (Å²) in [5.41, 5.74) is 2.12. The zero-order valence-electron chi connectivity index (χ0n) is 14.9. The molecule has 1 N–H and O–H groups in total. The van der Waals surface area contributed by atoms with Gasteiger partial charge in [0.25, 0.3) is 5.91 Å². The molecule has 140 valence electrons.